The summed E-state index contributed by atoms with van der Waals surface area (Å²) >= 11 is 5.07. The first kappa shape index (κ1) is 14.0. The van der Waals surface area contributed by atoms with Crippen LogP contribution in [0.15, 0.2) is 22.7 Å². The van der Waals surface area contributed by atoms with Gasteiger partial charge in [0.2, 0.25) is 0 Å². The van der Waals surface area contributed by atoms with Crippen LogP contribution in [0.25, 0.3) is 0 Å². The van der Waals surface area contributed by atoms with Gasteiger partial charge >= 0.3 is 0 Å². The van der Waals surface area contributed by atoms with E-state index in [-0.39, 0.29) is 5.82 Å². The highest BCUT2D eigenvalue weighted by molar-refractivity contribution is 9.10. The van der Waals surface area contributed by atoms with Crippen molar-refractivity contribution >= 4 is 27.7 Å². The Labute approximate surface area is 110 Å². The minimum Gasteiger partial charge on any atom is -0.299 e. The largest absolute Gasteiger partial charge is 0.299 e. The third kappa shape index (κ3) is 4.07. The monoisotopic (exact) mass is 305 g/mol. The summed E-state index contributed by atoms with van der Waals surface area (Å²) in [4.78, 5) is 2.17. The summed E-state index contributed by atoms with van der Waals surface area (Å²) in [5.74, 6) is 0.923. The Bertz CT molecular complexity index is 346. The van der Waals surface area contributed by atoms with Crippen molar-refractivity contribution in [2.45, 2.75) is 19.5 Å². The van der Waals surface area contributed by atoms with E-state index in [9.17, 15) is 4.39 Å². The van der Waals surface area contributed by atoms with Crippen LogP contribution in [-0.4, -0.2) is 30.0 Å². The molecule has 1 rings (SSSR count). The fourth-order valence-corrected chi connectivity index (χ4v) is 2.51. The van der Waals surface area contributed by atoms with Crippen molar-refractivity contribution in [1.82, 2.24) is 4.90 Å². The van der Waals surface area contributed by atoms with Gasteiger partial charge in [-0.05, 0) is 32.4 Å². The molecule has 0 N–H and O–H groups in total. The Morgan fingerprint density at radius 1 is 1.50 bits per heavy atom. The van der Waals surface area contributed by atoms with Gasteiger partial charge in [0.15, 0.2) is 0 Å². The molecule has 16 heavy (non-hydrogen) atoms. The molecule has 0 heterocycles. The highest BCUT2D eigenvalue weighted by Crippen LogP contribution is 2.17. The second kappa shape index (κ2) is 6.62. The highest BCUT2D eigenvalue weighted by Gasteiger charge is 2.11. The summed E-state index contributed by atoms with van der Waals surface area (Å²) in [5, 5.41) is 0. The summed E-state index contributed by atoms with van der Waals surface area (Å²) in [5.41, 5.74) is 0.749. The predicted molar refractivity (Wildman–Crippen MR) is 73.4 cm³/mol. The molecule has 90 valence electrons. The van der Waals surface area contributed by atoms with Gasteiger partial charge in [0.1, 0.15) is 5.82 Å². The van der Waals surface area contributed by atoms with E-state index in [1.165, 1.54) is 6.07 Å². The second-order valence-electron chi connectivity index (χ2n) is 3.96. The van der Waals surface area contributed by atoms with Crippen molar-refractivity contribution in [3.8, 4) is 0 Å². The third-order valence-electron chi connectivity index (χ3n) is 2.60. The van der Waals surface area contributed by atoms with Crippen molar-refractivity contribution in [3.05, 3.63) is 34.1 Å². The molecule has 0 saturated heterocycles. The van der Waals surface area contributed by atoms with Gasteiger partial charge < -0.3 is 0 Å². The zero-order valence-electron chi connectivity index (χ0n) is 9.84. The van der Waals surface area contributed by atoms with Gasteiger partial charge in [0.05, 0.1) is 0 Å². The van der Waals surface area contributed by atoms with Gasteiger partial charge in [-0.3, -0.25) is 4.90 Å². The van der Waals surface area contributed by atoms with Crippen LogP contribution in [0.3, 0.4) is 0 Å². The maximum absolute atomic E-state index is 13.6. The average Bonchev–Trinajstić information content (AvgIpc) is 2.22. The number of hydrogen-bond acceptors (Lipinski definition) is 2. The van der Waals surface area contributed by atoms with Crippen molar-refractivity contribution in [2.75, 3.05) is 19.1 Å². The summed E-state index contributed by atoms with van der Waals surface area (Å²) in [6.45, 7) is 2.81. The molecular formula is C12H17BrFNS. The molecule has 0 aliphatic carbocycles. The Morgan fingerprint density at radius 2 is 2.19 bits per heavy atom. The highest BCUT2D eigenvalue weighted by atomic mass is 79.9. The van der Waals surface area contributed by atoms with E-state index in [2.05, 4.69) is 34.0 Å². The first-order chi connectivity index (χ1) is 7.54. The fraction of sp³-hybridized carbons (Fsp3) is 0.500. The number of thioether (sulfide) groups is 1. The number of benzene rings is 1. The van der Waals surface area contributed by atoms with Crippen LogP contribution in [0.4, 0.5) is 4.39 Å². The SMILES string of the molecule is CSCC(C)N(C)Cc1ccc(Br)cc1F. The van der Waals surface area contributed by atoms with Gasteiger partial charge in [-0.15, -0.1) is 0 Å². The van der Waals surface area contributed by atoms with E-state index >= 15 is 0 Å². The minimum absolute atomic E-state index is 0.141. The molecule has 0 saturated carbocycles. The van der Waals surface area contributed by atoms with Crippen molar-refractivity contribution in [1.29, 1.82) is 0 Å². The molecule has 0 aromatic heterocycles. The van der Waals surface area contributed by atoms with Crippen LogP contribution < -0.4 is 0 Å². The number of hydrogen-bond donors (Lipinski definition) is 0. The Balaban J connectivity index is 2.65. The average molecular weight is 306 g/mol. The van der Waals surface area contributed by atoms with Crippen LogP contribution >= 0.6 is 27.7 Å². The molecule has 4 heteroatoms. The standard InChI is InChI=1S/C12H17BrFNS/c1-9(8-16-3)15(2)7-10-4-5-11(13)6-12(10)14/h4-6,9H,7-8H2,1-3H3. The van der Waals surface area contributed by atoms with Crippen LogP contribution in [0.1, 0.15) is 12.5 Å². The van der Waals surface area contributed by atoms with E-state index in [1.807, 2.05) is 30.9 Å². The van der Waals surface area contributed by atoms with Crippen LogP contribution in [0.5, 0.6) is 0 Å². The maximum atomic E-state index is 13.6. The third-order valence-corrected chi connectivity index (χ3v) is 3.90. The van der Waals surface area contributed by atoms with Crippen molar-refractivity contribution < 1.29 is 4.39 Å². The Hall–Kier alpha value is -0.0600. The molecule has 1 aromatic carbocycles. The first-order valence-electron chi connectivity index (χ1n) is 5.17. The Morgan fingerprint density at radius 3 is 2.75 bits per heavy atom. The molecule has 0 bridgehead atoms. The topological polar surface area (TPSA) is 3.24 Å². The second-order valence-corrected chi connectivity index (χ2v) is 5.78. The van der Waals surface area contributed by atoms with E-state index in [4.69, 9.17) is 0 Å². The molecule has 0 radical (unpaired) electrons. The van der Waals surface area contributed by atoms with Crippen LogP contribution in [0.2, 0.25) is 0 Å². The molecule has 0 fully saturated rings. The predicted octanol–water partition coefficient (Wildman–Crippen LogP) is 3.77. The lowest BCUT2D eigenvalue weighted by molar-refractivity contribution is 0.266. The zero-order valence-corrected chi connectivity index (χ0v) is 12.2. The normalized spacial score (nSPS) is 13.1. The molecule has 1 nitrogen and oxygen atoms in total. The lowest BCUT2D eigenvalue weighted by Gasteiger charge is -2.24. The molecule has 0 spiro atoms. The maximum Gasteiger partial charge on any atom is 0.128 e. The lowest BCUT2D eigenvalue weighted by Crippen LogP contribution is -2.30. The van der Waals surface area contributed by atoms with Crippen LogP contribution in [-0.2, 0) is 6.54 Å². The summed E-state index contributed by atoms with van der Waals surface area (Å²) in [6, 6.07) is 5.69. The van der Waals surface area contributed by atoms with E-state index in [0.29, 0.717) is 12.6 Å². The van der Waals surface area contributed by atoms with E-state index < -0.39 is 0 Å². The molecule has 1 aromatic rings. The smallest absolute Gasteiger partial charge is 0.128 e. The molecule has 0 amide bonds. The van der Waals surface area contributed by atoms with E-state index in [1.54, 1.807) is 0 Å². The van der Waals surface area contributed by atoms with Crippen molar-refractivity contribution in [2.24, 2.45) is 0 Å². The van der Waals surface area contributed by atoms with Crippen LogP contribution in [0, 0.1) is 5.82 Å². The van der Waals surface area contributed by atoms with Gasteiger partial charge in [-0.25, -0.2) is 4.39 Å². The van der Waals surface area contributed by atoms with Gasteiger partial charge in [-0.1, -0.05) is 22.0 Å². The Kier molecular flexibility index (Phi) is 5.79. The minimum atomic E-state index is -0.141. The van der Waals surface area contributed by atoms with Crippen molar-refractivity contribution in [3.63, 3.8) is 0 Å². The molecule has 1 atom stereocenters. The lowest BCUT2D eigenvalue weighted by atomic mass is 10.2. The first-order valence-corrected chi connectivity index (χ1v) is 7.36. The summed E-state index contributed by atoms with van der Waals surface area (Å²) in [7, 11) is 2.03. The fourth-order valence-electron chi connectivity index (χ4n) is 1.44. The number of nitrogens with zero attached hydrogens (tertiary/aromatic N) is 1. The quantitative estimate of drug-likeness (QED) is 0.814. The zero-order chi connectivity index (χ0) is 12.1. The molecule has 0 aliphatic heterocycles. The molecule has 1 unspecified atom stereocenters. The number of halogens is 2. The summed E-state index contributed by atoms with van der Waals surface area (Å²) in [6.07, 6.45) is 2.09. The van der Waals surface area contributed by atoms with Gasteiger partial charge in [0.25, 0.3) is 0 Å². The molecular weight excluding hydrogens is 289 g/mol. The molecule has 0 aliphatic rings. The van der Waals surface area contributed by atoms with Gasteiger partial charge in [-0.2, -0.15) is 11.8 Å². The summed E-state index contributed by atoms with van der Waals surface area (Å²) < 4.78 is 14.4. The van der Waals surface area contributed by atoms with E-state index in [0.717, 1.165) is 15.8 Å². The van der Waals surface area contributed by atoms with Gasteiger partial charge in [0, 0.05) is 28.4 Å². The number of rotatable bonds is 5.